The second-order valence-corrected chi connectivity index (χ2v) is 9.97. The van der Waals surface area contributed by atoms with Gasteiger partial charge in [-0.05, 0) is 80.6 Å². The zero-order valence-corrected chi connectivity index (χ0v) is 20.3. The molecule has 1 aromatic heterocycles. The van der Waals surface area contributed by atoms with E-state index in [1.807, 2.05) is 6.07 Å². The number of piperazine rings is 1. The van der Waals surface area contributed by atoms with E-state index in [0.29, 0.717) is 0 Å². The van der Waals surface area contributed by atoms with Crippen molar-refractivity contribution in [2.75, 3.05) is 55.7 Å². The molecule has 2 saturated heterocycles. The van der Waals surface area contributed by atoms with Crippen LogP contribution in [0.3, 0.4) is 0 Å². The zero-order valence-electron chi connectivity index (χ0n) is 19.6. The third-order valence-corrected chi connectivity index (χ3v) is 7.77. The van der Waals surface area contributed by atoms with Crippen molar-refractivity contribution >= 4 is 33.9 Å². The molecule has 5 rings (SSSR count). The van der Waals surface area contributed by atoms with Gasteiger partial charge in [0.25, 0.3) is 0 Å². The summed E-state index contributed by atoms with van der Waals surface area (Å²) in [7, 11) is 0. The maximum absolute atomic E-state index is 9.77. The van der Waals surface area contributed by atoms with Gasteiger partial charge in [0.05, 0.1) is 12.6 Å². The topological polar surface area (TPSA) is 45.7 Å². The number of aromatic nitrogens is 1. The van der Waals surface area contributed by atoms with Gasteiger partial charge in [-0.25, -0.2) is 0 Å². The lowest BCUT2D eigenvalue weighted by molar-refractivity contribution is 0.255. The first kappa shape index (κ1) is 22.6. The lowest BCUT2D eigenvalue weighted by Gasteiger charge is -2.38. The van der Waals surface area contributed by atoms with Crippen molar-refractivity contribution < 1.29 is 5.11 Å². The summed E-state index contributed by atoms with van der Waals surface area (Å²) in [5, 5.41) is 11.8. The number of benzene rings is 2. The minimum absolute atomic E-state index is 0.244. The monoisotopic (exact) mass is 466 g/mol. The molecule has 6 heteroatoms. The van der Waals surface area contributed by atoms with E-state index in [1.54, 1.807) is 0 Å². The van der Waals surface area contributed by atoms with Crippen LogP contribution in [-0.4, -0.2) is 66.9 Å². The van der Waals surface area contributed by atoms with Gasteiger partial charge in [0.1, 0.15) is 0 Å². The van der Waals surface area contributed by atoms with Crippen molar-refractivity contribution in [3.05, 3.63) is 58.7 Å². The Bertz CT molecular complexity index is 1090. The van der Waals surface area contributed by atoms with Crippen molar-refractivity contribution in [2.45, 2.75) is 38.6 Å². The maximum Gasteiger partial charge on any atom is 0.0635 e. The number of aryl methyl sites for hydroxylation is 1. The summed E-state index contributed by atoms with van der Waals surface area (Å²) in [5.74, 6) is 0. The third kappa shape index (κ3) is 4.72. The highest BCUT2D eigenvalue weighted by Crippen LogP contribution is 2.34. The highest BCUT2D eigenvalue weighted by molar-refractivity contribution is 6.31. The quantitative estimate of drug-likeness (QED) is 0.522. The summed E-state index contributed by atoms with van der Waals surface area (Å²) >= 11 is 6.20. The molecule has 0 bridgehead atoms. The van der Waals surface area contributed by atoms with Gasteiger partial charge in [-0.1, -0.05) is 17.7 Å². The van der Waals surface area contributed by atoms with E-state index in [1.165, 1.54) is 39.8 Å². The van der Waals surface area contributed by atoms with Crippen LogP contribution in [-0.2, 0) is 6.42 Å². The molecule has 2 aliphatic heterocycles. The molecule has 2 aromatic carbocycles. The number of fused-ring (bicyclic) bond motifs is 1. The number of aliphatic hydroxyl groups excluding tert-OH is 1. The van der Waals surface area contributed by atoms with Crippen LogP contribution in [0.25, 0.3) is 10.9 Å². The molecular weight excluding hydrogens is 432 g/mol. The predicted molar refractivity (Wildman–Crippen MR) is 139 cm³/mol. The molecule has 3 heterocycles. The van der Waals surface area contributed by atoms with Crippen LogP contribution in [0.1, 0.15) is 30.4 Å². The molecule has 1 atom stereocenters. The summed E-state index contributed by atoms with van der Waals surface area (Å²) < 4.78 is 0. The fourth-order valence-electron chi connectivity index (χ4n) is 5.67. The van der Waals surface area contributed by atoms with Crippen molar-refractivity contribution in [2.24, 2.45) is 0 Å². The van der Waals surface area contributed by atoms with Gasteiger partial charge < -0.3 is 19.9 Å². The zero-order chi connectivity index (χ0) is 22.8. The molecule has 5 nitrogen and oxygen atoms in total. The number of nitrogens with zero attached hydrogens (tertiary/aromatic N) is 3. The third-order valence-electron chi connectivity index (χ3n) is 7.54. The second-order valence-electron chi connectivity index (χ2n) is 9.53. The van der Waals surface area contributed by atoms with Gasteiger partial charge in [0.2, 0.25) is 0 Å². The van der Waals surface area contributed by atoms with Crippen LogP contribution in [0.5, 0.6) is 0 Å². The number of H-pyrrole nitrogens is 1. The van der Waals surface area contributed by atoms with E-state index in [0.717, 1.165) is 63.6 Å². The number of halogens is 1. The Morgan fingerprint density at radius 2 is 1.88 bits per heavy atom. The number of aromatic amines is 1. The van der Waals surface area contributed by atoms with Crippen molar-refractivity contribution in [3.8, 4) is 0 Å². The number of anilines is 2. The molecule has 0 spiro atoms. The Labute approximate surface area is 201 Å². The van der Waals surface area contributed by atoms with Crippen LogP contribution >= 0.6 is 11.6 Å². The standard InChI is InChI=1S/C27H35ClN4O/c1-20-26(7-2-8-27(20)32-12-4-6-23(32)19-33)31-15-13-30(14-16-31)11-3-5-21-18-29-25-10-9-22(28)17-24(21)25/h2,7-10,17-18,23,29,33H,3-6,11-16,19H2,1H3/t23-/m0/s1. The Hall–Kier alpha value is -2.21. The minimum Gasteiger partial charge on any atom is -0.394 e. The molecule has 2 fully saturated rings. The van der Waals surface area contributed by atoms with Gasteiger partial charge >= 0.3 is 0 Å². The number of nitrogens with one attached hydrogen (secondary N) is 1. The minimum atomic E-state index is 0.244. The van der Waals surface area contributed by atoms with E-state index in [-0.39, 0.29) is 12.6 Å². The van der Waals surface area contributed by atoms with E-state index in [4.69, 9.17) is 11.6 Å². The molecule has 0 unspecified atom stereocenters. The first-order valence-corrected chi connectivity index (χ1v) is 12.7. The summed E-state index contributed by atoms with van der Waals surface area (Å²) in [6.45, 7) is 9.01. The molecule has 3 aromatic rings. The fraction of sp³-hybridized carbons (Fsp3) is 0.481. The van der Waals surface area contributed by atoms with Crippen molar-refractivity contribution in [3.63, 3.8) is 0 Å². The van der Waals surface area contributed by atoms with Crippen LogP contribution in [0.4, 0.5) is 11.4 Å². The largest absolute Gasteiger partial charge is 0.394 e. The lowest BCUT2D eigenvalue weighted by Crippen LogP contribution is -2.47. The molecule has 33 heavy (non-hydrogen) atoms. The molecule has 0 saturated carbocycles. The van der Waals surface area contributed by atoms with Gasteiger partial charge in [-0.15, -0.1) is 0 Å². The number of hydrogen-bond donors (Lipinski definition) is 2. The number of hydrogen-bond acceptors (Lipinski definition) is 4. The average Bonchev–Trinajstić information content (AvgIpc) is 3.47. The molecule has 176 valence electrons. The smallest absolute Gasteiger partial charge is 0.0635 e. The molecule has 2 N–H and O–H groups in total. The first-order valence-electron chi connectivity index (χ1n) is 12.3. The van der Waals surface area contributed by atoms with Gasteiger partial charge in [-0.2, -0.15) is 0 Å². The highest BCUT2D eigenvalue weighted by atomic mass is 35.5. The van der Waals surface area contributed by atoms with Crippen molar-refractivity contribution in [1.29, 1.82) is 0 Å². The molecule has 2 aliphatic rings. The molecule has 0 radical (unpaired) electrons. The SMILES string of the molecule is Cc1c(N2CCN(CCCc3c[nH]c4ccc(Cl)cc34)CC2)cccc1N1CCC[C@H]1CO. The fourth-order valence-corrected chi connectivity index (χ4v) is 5.84. The first-order chi connectivity index (χ1) is 16.1. The maximum atomic E-state index is 9.77. The van der Waals surface area contributed by atoms with Gasteiger partial charge in [0, 0.05) is 66.2 Å². The Morgan fingerprint density at radius 1 is 1.06 bits per heavy atom. The predicted octanol–water partition coefficient (Wildman–Crippen LogP) is 4.85. The van der Waals surface area contributed by atoms with Crippen LogP contribution < -0.4 is 9.80 Å². The van der Waals surface area contributed by atoms with Crippen LogP contribution in [0.2, 0.25) is 5.02 Å². The van der Waals surface area contributed by atoms with Crippen LogP contribution in [0, 0.1) is 6.92 Å². The van der Waals surface area contributed by atoms with E-state index in [2.05, 4.69) is 63.1 Å². The average molecular weight is 467 g/mol. The Balaban J connectivity index is 1.16. The normalized spacial score (nSPS) is 19.7. The molecule has 0 amide bonds. The Kier molecular flexibility index (Phi) is 6.81. The highest BCUT2D eigenvalue weighted by Gasteiger charge is 2.27. The van der Waals surface area contributed by atoms with Crippen molar-refractivity contribution in [1.82, 2.24) is 9.88 Å². The Morgan fingerprint density at radius 3 is 2.70 bits per heavy atom. The van der Waals surface area contributed by atoms with E-state index < -0.39 is 0 Å². The second kappa shape index (κ2) is 9.96. The summed E-state index contributed by atoms with van der Waals surface area (Å²) in [4.78, 5) is 10.9. The van der Waals surface area contributed by atoms with E-state index >= 15 is 0 Å². The number of aliphatic hydroxyl groups is 1. The number of rotatable bonds is 7. The summed E-state index contributed by atoms with van der Waals surface area (Å²) in [6.07, 6.45) is 6.62. The molecular formula is C27H35ClN4O. The van der Waals surface area contributed by atoms with Gasteiger partial charge in [-0.3, -0.25) is 4.90 Å². The van der Waals surface area contributed by atoms with Crippen LogP contribution in [0.15, 0.2) is 42.6 Å². The summed E-state index contributed by atoms with van der Waals surface area (Å²) in [6, 6.07) is 13.0. The summed E-state index contributed by atoms with van der Waals surface area (Å²) in [5.41, 5.74) is 6.53. The van der Waals surface area contributed by atoms with E-state index in [9.17, 15) is 5.11 Å². The molecule has 0 aliphatic carbocycles. The van der Waals surface area contributed by atoms with Gasteiger partial charge in [0.15, 0.2) is 0 Å². The lowest BCUT2D eigenvalue weighted by atomic mass is 10.1.